The number of thioether (sulfide) groups is 1. The van der Waals surface area contributed by atoms with Gasteiger partial charge in [-0.3, -0.25) is 0 Å². The molecule has 22 heavy (non-hydrogen) atoms. The second kappa shape index (κ2) is 6.14. The fraction of sp³-hybridized carbons (Fsp3) is 0.368. The Kier molecular flexibility index (Phi) is 4.22. The molecule has 1 aromatic carbocycles. The van der Waals surface area contributed by atoms with Crippen molar-refractivity contribution in [2.24, 2.45) is 0 Å². The SMILES string of the molecule is CSc1nc2c(c(-c3ccc(C(C)C)cc3)c1C#N)CCC2. The standard InChI is InChI=1S/C19H20N2S/c1-12(2)13-7-9-14(10-8-13)18-15-5-4-6-17(15)21-19(22-3)16(18)11-20/h7-10,12H,4-6H2,1-3H3. The zero-order valence-corrected chi connectivity index (χ0v) is 14.1. The molecule has 0 N–H and O–H groups in total. The molecule has 0 atom stereocenters. The van der Waals surface area contributed by atoms with Crippen LogP contribution in [0, 0.1) is 11.3 Å². The number of nitrogens with zero attached hydrogens (tertiary/aromatic N) is 2. The lowest BCUT2D eigenvalue weighted by atomic mass is 9.93. The number of aromatic nitrogens is 1. The molecule has 0 unspecified atom stereocenters. The summed E-state index contributed by atoms with van der Waals surface area (Å²) >= 11 is 1.57. The summed E-state index contributed by atoms with van der Waals surface area (Å²) in [7, 11) is 0. The molecule has 1 aliphatic rings. The number of nitriles is 1. The Morgan fingerprint density at radius 3 is 2.50 bits per heavy atom. The van der Waals surface area contributed by atoms with Crippen molar-refractivity contribution in [2.75, 3.05) is 6.26 Å². The first kappa shape index (κ1) is 15.1. The second-order valence-corrected chi connectivity index (χ2v) is 6.83. The highest BCUT2D eigenvalue weighted by Crippen LogP contribution is 2.38. The van der Waals surface area contributed by atoms with Crippen LogP contribution in [0.3, 0.4) is 0 Å². The molecule has 112 valence electrons. The maximum atomic E-state index is 9.66. The van der Waals surface area contributed by atoms with Crippen molar-refractivity contribution in [2.45, 2.75) is 44.1 Å². The van der Waals surface area contributed by atoms with E-state index < -0.39 is 0 Å². The van der Waals surface area contributed by atoms with Crippen molar-refractivity contribution in [3.63, 3.8) is 0 Å². The fourth-order valence-electron chi connectivity index (χ4n) is 3.16. The molecule has 2 aromatic rings. The van der Waals surface area contributed by atoms with E-state index in [-0.39, 0.29) is 0 Å². The van der Waals surface area contributed by atoms with Crippen molar-refractivity contribution in [1.82, 2.24) is 4.98 Å². The lowest BCUT2D eigenvalue weighted by Crippen LogP contribution is -2.00. The van der Waals surface area contributed by atoms with Gasteiger partial charge in [0.25, 0.3) is 0 Å². The number of rotatable bonds is 3. The molecular formula is C19H20N2S. The van der Waals surface area contributed by atoms with E-state index in [1.807, 2.05) is 6.26 Å². The quantitative estimate of drug-likeness (QED) is 0.752. The summed E-state index contributed by atoms with van der Waals surface area (Å²) in [5, 5.41) is 10.5. The zero-order valence-electron chi connectivity index (χ0n) is 13.3. The molecule has 0 aliphatic heterocycles. The normalized spacial score (nSPS) is 13.2. The maximum absolute atomic E-state index is 9.66. The van der Waals surface area contributed by atoms with Gasteiger partial charge in [-0.2, -0.15) is 5.26 Å². The van der Waals surface area contributed by atoms with Gasteiger partial charge in [-0.25, -0.2) is 4.98 Å². The van der Waals surface area contributed by atoms with Gasteiger partial charge in [-0.05, 0) is 48.1 Å². The summed E-state index contributed by atoms with van der Waals surface area (Å²) in [5.41, 5.74) is 6.81. The van der Waals surface area contributed by atoms with Crippen LogP contribution in [0.4, 0.5) is 0 Å². The number of hydrogen-bond donors (Lipinski definition) is 0. The van der Waals surface area contributed by atoms with E-state index >= 15 is 0 Å². The van der Waals surface area contributed by atoms with Gasteiger partial charge in [0.05, 0.1) is 5.56 Å². The maximum Gasteiger partial charge on any atom is 0.114 e. The average Bonchev–Trinajstić information content (AvgIpc) is 3.00. The third kappa shape index (κ3) is 2.53. The van der Waals surface area contributed by atoms with Gasteiger partial charge in [0, 0.05) is 11.3 Å². The Hall–Kier alpha value is -1.79. The van der Waals surface area contributed by atoms with E-state index in [1.54, 1.807) is 11.8 Å². The third-order valence-electron chi connectivity index (χ3n) is 4.36. The van der Waals surface area contributed by atoms with Gasteiger partial charge >= 0.3 is 0 Å². The molecule has 1 aromatic heterocycles. The number of fused-ring (bicyclic) bond motifs is 1. The number of hydrogen-bond acceptors (Lipinski definition) is 3. The molecule has 0 bridgehead atoms. The highest BCUT2D eigenvalue weighted by Gasteiger charge is 2.23. The Labute approximate surface area is 136 Å². The van der Waals surface area contributed by atoms with E-state index in [0.717, 1.165) is 41.0 Å². The molecule has 3 rings (SSSR count). The molecule has 1 aliphatic carbocycles. The summed E-state index contributed by atoms with van der Waals surface area (Å²) in [6.45, 7) is 4.40. The first-order valence-corrected chi connectivity index (χ1v) is 8.98. The zero-order chi connectivity index (χ0) is 15.7. The molecule has 0 radical (unpaired) electrons. The van der Waals surface area contributed by atoms with E-state index in [4.69, 9.17) is 4.98 Å². The fourth-order valence-corrected chi connectivity index (χ4v) is 3.71. The van der Waals surface area contributed by atoms with Gasteiger partial charge in [0.2, 0.25) is 0 Å². The van der Waals surface area contributed by atoms with Crippen LogP contribution in [0.25, 0.3) is 11.1 Å². The molecule has 0 saturated heterocycles. The first-order valence-electron chi connectivity index (χ1n) is 7.76. The molecule has 2 nitrogen and oxygen atoms in total. The van der Waals surface area contributed by atoms with E-state index in [1.165, 1.54) is 16.8 Å². The van der Waals surface area contributed by atoms with Crippen LogP contribution in [0.15, 0.2) is 29.3 Å². The van der Waals surface area contributed by atoms with Crippen LogP contribution >= 0.6 is 11.8 Å². The van der Waals surface area contributed by atoms with Gasteiger partial charge in [0.15, 0.2) is 0 Å². The third-order valence-corrected chi connectivity index (χ3v) is 5.04. The minimum absolute atomic E-state index is 0.523. The minimum Gasteiger partial charge on any atom is -0.245 e. The molecule has 3 heteroatoms. The molecule has 0 saturated carbocycles. The van der Waals surface area contributed by atoms with Crippen molar-refractivity contribution < 1.29 is 0 Å². The Morgan fingerprint density at radius 1 is 1.18 bits per heavy atom. The van der Waals surface area contributed by atoms with Crippen LogP contribution in [0.1, 0.15) is 48.6 Å². The molecular weight excluding hydrogens is 288 g/mol. The minimum atomic E-state index is 0.523. The molecule has 1 heterocycles. The summed E-state index contributed by atoms with van der Waals surface area (Å²) in [6, 6.07) is 11.1. The van der Waals surface area contributed by atoms with E-state index in [9.17, 15) is 5.26 Å². The van der Waals surface area contributed by atoms with Gasteiger partial charge in [0.1, 0.15) is 11.1 Å². The Balaban J connectivity index is 2.21. The van der Waals surface area contributed by atoms with Gasteiger partial charge in [-0.1, -0.05) is 38.1 Å². The van der Waals surface area contributed by atoms with Gasteiger partial charge < -0.3 is 0 Å². The molecule has 0 spiro atoms. The van der Waals surface area contributed by atoms with Gasteiger partial charge in [-0.15, -0.1) is 11.8 Å². The van der Waals surface area contributed by atoms with Crippen LogP contribution in [0.2, 0.25) is 0 Å². The molecule has 0 amide bonds. The lowest BCUT2D eigenvalue weighted by molar-refractivity contribution is 0.867. The van der Waals surface area contributed by atoms with E-state index in [2.05, 4.69) is 44.2 Å². The predicted molar refractivity (Wildman–Crippen MR) is 92.3 cm³/mol. The summed E-state index contributed by atoms with van der Waals surface area (Å²) < 4.78 is 0. The molecule has 0 fully saturated rings. The van der Waals surface area contributed by atoms with Crippen LogP contribution in [-0.4, -0.2) is 11.2 Å². The summed E-state index contributed by atoms with van der Waals surface area (Å²) in [6.07, 6.45) is 5.21. The Morgan fingerprint density at radius 2 is 1.91 bits per heavy atom. The average molecular weight is 308 g/mol. The number of pyridine rings is 1. The van der Waals surface area contributed by atoms with Crippen molar-refractivity contribution >= 4 is 11.8 Å². The summed E-state index contributed by atoms with van der Waals surface area (Å²) in [4.78, 5) is 4.71. The van der Waals surface area contributed by atoms with Crippen molar-refractivity contribution in [3.05, 3.63) is 46.6 Å². The second-order valence-electron chi connectivity index (χ2n) is 6.04. The van der Waals surface area contributed by atoms with Crippen LogP contribution in [0.5, 0.6) is 0 Å². The Bertz CT molecular complexity index is 740. The lowest BCUT2D eigenvalue weighted by Gasteiger charge is -2.14. The monoisotopic (exact) mass is 308 g/mol. The van der Waals surface area contributed by atoms with Crippen molar-refractivity contribution in [1.29, 1.82) is 5.26 Å². The topological polar surface area (TPSA) is 36.7 Å². The number of benzene rings is 1. The largest absolute Gasteiger partial charge is 0.245 e. The highest BCUT2D eigenvalue weighted by molar-refractivity contribution is 7.98. The first-order chi connectivity index (χ1) is 10.7. The van der Waals surface area contributed by atoms with Crippen LogP contribution < -0.4 is 0 Å². The predicted octanol–water partition coefficient (Wildman–Crippen LogP) is 4.95. The highest BCUT2D eigenvalue weighted by atomic mass is 32.2. The van der Waals surface area contributed by atoms with Crippen LogP contribution in [-0.2, 0) is 12.8 Å². The number of aryl methyl sites for hydroxylation is 1. The van der Waals surface area contributed by atoms with E-state index in [0.29, 0.717) is 5.92 Å². The summed E-state index contributed by atoms with van der Waals surface area (Å²) in [5.74, 6) is 0.523. The van der Waals surface area contributed by atoms with Crippen molar-refractivity contribution in [3.8, 4) is 17.2 Å². The smallest absolute Gasteiger partial charge is 0.114 e.